The monoisotopic (exact) mass is 146 g/mol. The smallest absolute Gasteiger partial charge is 0.0664 e. The number of hydrogen-bond donors (Lipinski definition) is 0. The normalized spacial score (nSPS) is 11.1. The molecule has 2 heteroatoms. The zero-order valence-corrected chi connectivity index (χ0v) is 6.49. The van der Waals surface area contributed by atoms with Crippen molar-refractivity contribution in [2.45, 2.75) is 13.3 Å². The van der Waals surface area contributed by atoms with Gasteiger partial charge >= 0.3 is 0 Å². The minimum atomic E-state index is 0.476. The van der Waals surface area contributed by atoms with Crippen molar-refractivity contribution in [3.8, 4) is 6.07 Å². The Morgan fingerprint density at radius 1 is 1.55 bits per heavy atom. The number of nitriles is 1. The molecule has 0 aliphatic rings. The van der Waals surface area contributed by atoms with Crippen LogP contribution in [0.15, 0.2) is 30.6 Å². The molecule has 0 fully saturated rings. The van der Waals surface area contributed by atoms with Crippen molar-refractivity contribution in [3.05, 3.63) is 30.6 Å². The van der Waals surface area contributed by atoms with E-state index in [0.29, 0.717) is 6.42 Å². The Hall–Kier alpha value is -1.49. The molecule has 0 spiro atoms. The lowest BCUT2D eigenvalue weighted by Crippen LogP contribution is -1.87. The third kappa shape index (κ3) is 1.98. The lowest BCUT2D eigenvalue weighted by molar-refractivity contribution is 1.09. The number of rotatable bonds is 2. The van der Waals surface area contributed by atoms with Gasteiger partial charge in [0, 0.05) is 18.1 Å². The minimum absolute atomic E-state index is 0.476. The number of nitrogens with zero attached hydrogens (tertiary/aromatic N) is 2. The van der Waals surface area contributed by atoms with E-state index >= 15 is 0 Å². The maximum absolute atomic E-state index is 8.31. The van der Waals surface area contributed by atoms with Crippen LogP contribution in [0.1, 0.15) is 13.3 Å². The fraction of sp³-hybridized carbons (Fsp3) is 0.222. The van der Waals surface area contributed by atoms with Gasteiger partial charge in [0.05, 0.1) is 12.5 Å². The zero-order valence-electron chi connectivity index (χ0n) is 6.49. The Morgan fingerprint density at radius 2 is 2.18 bits per heavy atom. The molecule has 0 atom stereocenters. The molecule has 2 nitrogen and oxygen atoms in total. The van der Waals surface area contributed by atoms with Crippen molar-refractivity contribution in [1.29, 1.82) is 5.26 Å². The lowest BCUT2D eigenvalue weighted by atomic mass is 10.3. The summed E-state index contributed by atoms with van der Waals surface area (Å²) in [6, 6.07) is 5.99. The van der Waals surface area contributed by atoms with E-state index in [1.165, 1.54) is 0 Å². The summed E-state index contributed by atoms with van der Waals surface area (Å²) >= 11 is 0. The summed E-state index contributed by atoms with van der Waals surface area (Å²) in [5.74, 6) is 0. The number of allylic oxidation sites excluding steroid dienone is 2. The standard InChI is InChI=1S/C9H10N2/c1-9(5-4-6-10)11-7-2-3-8-11/h2-3,5,7-8H,4H2,1H3/b9-5-. The fourth-order valence-corrected chi connectivity index (χ4v) is 0.868. The Kier molecular flexibility index (Phi) is 2.51. The van der Waals surface area contributed by atoms with E-state index in [0.717, 1.165) is 5.70 Å². The van der Waals surface area contributed by atoms with Crippen LogP contribution in [-0.2, 0) is 0 Å². The first-order chi connectivity index (χ1) is 5.34. The quantitative estimate of drug-likeness (QED) is 0.629. The molecule has 0 saturated carbocycles. The molecule has 1 rings (SSSR count). The van der Waals surface area contributed by atoms with Crippen molar-refractivity contribution in [2.75, 3.05) is 0 Å². The fourth-order valence-electron chi connectivity index (χ4n) is 0.868. The first-order valence-corrected chi connectivity index (χ1v) is 3.51. The highest BCUT2D eigenvalue weighted by molar-refractivity contribution is 5.42. The number of aromatic nitrogens is 1. The minimum Gasteiger partial charge on any atom is -0.328 e. The predicted molar refractivity (Wildman–Crippen MR) is 44.6 cm³/mol. The van der Waals surface area contributed by atoms with Crippen LogP contribution in [0.3, 0.4) is 0 Å². The van der Waals surface area contributed by atoms with E-state index in [2.05, 4.69) is 6.07 Å². The maximum atomic E-state index is 8.31. The first-order valence-electron chi connectivity index (χ1n) is 3.51. The van der Waals surface area contributed by atoms with Crippen LogP contribution in [-0.4, -0.2) is 4.57 Å². The molecule has 0 amide bonds. The van der Waals surface area contributed by atoms with Crippen molar-refractivity contribution >= 4 is 5.70 Å². The SMILES string of the molecule is C/C(=C/CC#N)n1cccc1. The van der Waals surface area contributed by atoms with Gasteiger partial charge in [-0.1, -0.05) is 6.08 Å². The van der Waals surface area contributed by atoms with Crippen molar-refractivity contribution < 1.29 is 0 Å². The molecule has 1 aromatic rings. The van der Waals surface area contributed by atoms with E-state index in [1.807, 2.05) is 42.1 Å². The molecule has 56 valence electrons. The highest BCUT2D eigenvalue weighted by Crippen LogP contribution is 2.03. The summed E-state index contributed by atoms with van der Waals surface area (Å²) in [6.07, 6.45) is 6.30. The summed E-state index contributed by atoms with van der Waals surface area (Å²) in [4.78, 5) is 0. The van der Waals surface area contributed by atoms with E-state index in [1.54, 1.807) is 0 Å². The van der Waals surface area contributed by atoms with Crippen LogP contribution < -0.4 is 0 Å². The second kappa shape index (κ2) is 3.62. The van der Waals surface area contributed by atoms with Gasteiger partial charge < -0.3 is 4.57 Å². The van der Waals surface area contributed by atoms with Crippen LogP contribution in [0, 0.1) is 11.3 Å². The second-order valence-electron chi connectivity index (χ2n) is 2.30. The molecular formula is C9H10N2. The molecule has 0 bridgehead atoms. The van der Waals surface area contributed by atoms with Gasteiger partial charge in [-0.15, -0.1) is 0 Å². The molecule has 0 N–H and O–H groups in total. The Balaban J connectivity index is 2.71. The zero-order chi connectivity index (χ0) is 8.10. The highest BCUT2D eigenvalue weighted by atomic mass is 14.9. The predicted octanol–water partition coefficient (Wildman–Crippen LogP) is 2.26. The van der Waals surface area contributed by atoms with Gasteiger partial charge in [-0.3, -0.25) is 0 Å². The third-order valence-corrected chi connectivity index (χ3v) is 1.50. The molecule has 0 aliphatic heterocycles. The molecule has 1 heterocycles. The molecule has 0 saturated heterocycles. The molecule has 0 unspecified atom stereocenters. The van der Waals surface area contributed by atoms with Crippen LogP contribution in [0.4, 0.5) is 0 Å². The van der Waals surface area contributed by atoms with E-state index in [4.69, 9.17) is 5.26 Å². The topological polar surface area (TPSA) is 28.7 Å². The molecule has 1 aromatic heterocycles. The molecular weight excluding hydrogens is 136 g/mol. The lowest BCUT2D eigenvalue weighted by Gasteiger charge is -1.99. The average molecular weight is 146 g/mol. The van der Waals surface area contributed by atoms with Crippen LogP contribution >= 0.6 is 0 Å². The van der Waals surface area contributed by atoms with Gasteiger partial charge in [0.25, 0.3) is 0 Å². The maximum Gasteiger partial charge on any atom is 0.0664 e. The third-order valence-electron chi connectivity index (χ3n) is 1.50. The van der Waals surface area contributed by atoms with Crippen LogP contribution in [0.5, 0.6) is 0 Å². The summed E-state index contributed by atoms with van der Waals surface area (Å²) in [5.41, 5.74) is 1.09. The summed E-state index contributed by atoms with van der Waals surface area (Å²) < 4.78 is 1.98. The Bertz CT molecular complexity index is 275. The van der Waals surface area contributed by atoms with Gasteiger partial charge in [-0.05, 0) is 19.1 Å². The molecule has 0 aromatic carbocycles. The average Bonchev–Trinajstić information content (AvgIpc) is 2.52. The summed E-state index contributed by atoms with van der Waals surface area (Å²) in [5, 5.41) is 8.31. The van der Waals surface area contributed by atoms with E-state index in [-0.39, 0.29) is 0 Å². The first kappa shape index (κ1) is 7.62. The molecule has 0 radical (unpaired) electrons. The molecule has 0 aliphatic carbocycles. The van der Waals surface area contributed by atoms with Gasteiger partial charge in [-0.2, -0.15) is 5.26 Å². The molecule has 11 heavy (non-hydrogen) atoms. The van der Waals surface area contributed by atoms with E-state index in [9.17, 15) is 0 Å². The van der Waals surface area contributed by atoms with Gasteiger partial charge in [0.15, 0.2) is 0 Å². The van der Waals surface area contributed by atoms with E-state index < -0.39 is 0 Å². The van der Waals surface area contributed by atoms with Crippen molar-refractivity contribution in [3.63, 3.8) is 0 Å². The Morgan fingerprint density at radius 3 is 2.73 bits per heavy atom. The summed E-state index contributed by atoms with van der Waals surface area (Å²) in [7, 11) is 0. The van der Waals surface area contributed by atoms with Crippen LogP contribution in [0.25, 0.3) is 5.70 Å². The van der Waals surface area contributed by atoms with Gasteiger partial charge in [-0.25, -0.2) is 0 Å². The summed E-state index contributed by atoms with van der Waals surface area (Å²) in [6.45, 7) is 1.98. The van der Waals surface area contributed by atoms with Crippen LogP contribution in [0.2, 0.25) is 0 Å². The highest BCUT2D eigenvalue weighted by Gasteiger charge is 1.88. The van der Waals surface area contributed by atoms with Crippen molar-refractivity contribution in [1.82, 2.24) is 4.57 Å². The largest absolute Gasteiger partial charge is 0.328 e. The number of hydrogen-bond acceptors (Lipinski definition) is 1. The van der Waals surface area contributed by atoms with Crippen molar-refractivity contribution in [2.24, 2.45) is 0 Å². The van der Waals surface area contributed by atoms with Gasteiger partial charge in [0.2, 0.25) is 0 Å². The Labute approximate surface area is 66.4 Å². The second-order valence-corrected chi connectivity index (χ2v) is 2.30. The van der Waals surface area contributed by atoms with Gasteiger partial charge in [0.1, 0.15) is 0 Å².